The van der Waals surface area contributed by atoms with Gasteiger partial charge in [0.1, 0.15) is 0 Å². The van der Waals surface area contributed by atoms with Crippen molar-refractivity contribution in [2.45, 2.75) is 6.92 Å². The molecule has 0 aromatic rings. The molecule has 0 spiro atoms. The van der Waals surface area contributed by atoms with E-state index in [-0.39, 0.29) is 0 Å². The Labute approximate surface area is 59.5 Å². The summed E-state index contributed by atoms with van der Waals surface area (Å²) in [5.41, 5.74) is 6.63. The van der Waals surface area contributed by atoms with Crippen molar-refractivity contribution in [1.82, 2.24) is 5.48 Å². The lowest BCUT2D eigenvalue weighted by Crippen LogP contribution is -2.08. The molecule has 0 amide bonds. The molecule has 7 heteroatoms. The normalized spacial score (nSPS) is 10.1. The topological polar surface area (TPSA) is 105 Å². The van der Waals surface area contributed by atoms with Crippen molar-refractivity contribution < 1.29 is 19.2 Å². The van der Waals surface area contributed by atoms with Gasteiger partial charge >= 0.3 is 7.75 Å². The molecular weight excluding hydrogens is 159 g/mol. The molecule has 0 fully saturated rings. The van der Waals surface area contributed by atoms with E-state index >= 15 is 0 Å². The Balaban J connectivity index is 0. The van der Waals surface area contributed by atoms with Crippen LogP contribution < -0.4 is 11.0 Å². The van der Waals surface area contributed by atoms with Gasteiger partial charge in [-0.25, -0.2) is 15.5 Å². The molecule has 0 rings (SSSR count). The van der Waals surface area contributed by atoms with E-state index in [0.29, 0.717) is 0 Å². The van der Waals surface area contributed by atoms with Crippen LogP contribution in [-0.4, -0.2) is 23.4 Å². The molecule has 0 radical (unpaired) electrons. The van der Waals surface area contributed by atoms with Crippen LogP contribution in [0, 0.1) is 0 Å². The van der Waals surface area contributed by atoms with Crippen LogP contribution in [0.3, 0.4) is 0 Å². The zero-order valence-electron chi connectivity index (χ0n) is 5.94. The Kier molecular flexibility index (Phi) is 9.06. The quantitative estimate of drug-likeness (QED) is 0.321. The molecule has 0 saturated heterocycles. The van der Waals surface area contributed by atoms with Gasteiger partial charge in [0.25, 0.3) is 0 Å². The molecule has 0 aliphatic carbocycles. The lowest BCUT2D eigenvalue weighted by molar-refractivity contribution is 0.0962. The zero-order valence-corrected chi connectivity index (χ0v) is 6.84. The van der Waals surface area contributed by atoms with Gasteiger partial charge in [0.15, 0.2) is 0 Å². The van der Waals surface area contributed by atoms with Crippen LogP contribution in [0.2, 0.25) is 0 Å². The van der Waals surface area contributed by atoms with Gasteiger partial charge in [-0.3, -0.25) is 0 Å². The Morgan fingerprint density at radius 2 is 2.00 bits per heavy atom. The molecule has 0 heterocycles. The third kappa shape index (κ3) is 96.3. The van der Waals surface area contributed by atoms with E-state index in [9.17, 15) is 0 Å². The van der Waals surface area contributed by atoms with Gasteiger partial charge in [-0.2, -0.15) is 0 Å². The molecule has 0 atom stereocenters. The largest absolute Gasteiger partial charge is 0.397 e. The highest BCUT2D eigenvalue weighted by molar-refractivity contribution is 7.49. The molecule has 0 unspecified atom stereocenters. The molecule has 5 N–H and O–H groups in total. The minimum absolute atomic E-state index is 0.872. The Morgan fingerprint density at radius 3 is 2.00 bits per heavy atom. The lowest BCUT2D eigenvalue weighted by Gasteiger charge is -1.88. The number of hydrogen-bond donors (Lipinski definition) is 4. The van der Waals surface area contributed by atoms with Crippen LogP contribution in [0.4, 0.5) is 0 Å². The minimum Gasteiger partial charge on any atom is -0.313 e. The van der Waals surface area contributed by atoms with Gasteiger partial charge in [0, 0.05) is 6.54 Å². The van der Waals surface area contributed by atoms with E-state index in [0.717, 1.165) is 6.54 Å². The molecule has 64 valence electrons. The van der Waals surface area contributed by atoms with Crippen LogP contribution in [0.15, 0.2) is 0 Å². The van der Waals surface area contributed by atoms with Crippen molar-refractivity contribution >= 4 is 7.75 Å². The van der Waals surface area contributed by atoms with Crippen LogP contribution in [0.1, 0.15) is 6.92 Å². The fraction of sp³-hybridized carbons (Fsp3) is 1.00. The Hall–Kier alpha value is 0.0300. The Bertz CT molecular complexity index is 92.4. The summed E-state index contributed by atoms with van der Waals surface area (Å²) in [5.74, 6) is 0. The first kappa shape index (κ1) is 12.7. The maximum Gasteiger partial charge on any atom is 0.397 e. The zero-order chi connectivity index (χ0) is 8.62. The molecule has 0 saturated carbocycles. The summed E-state index contributed by atoms with van der Waals surface area (Å²) in [6.07, 6.45) is 0. The third-order valence-corrected chi connectivity index (χ3v) is 0.289. The van der Waals surface area contributed by atoms with E-state index in [4.69, 9.17) is 14.4 Å². The number of nitrogens with two attached hydrogens (primary N) is 1. The van der Waals surface area contributed by atoms with Crippen molar-refractivity contribution in [2.75, 3.05) is 13.7 Å². The van der Waals surface area contributed by atoms with Crippen LogP contribution in [0.25, 0.3) is 0 Å². The summed E-state index contributed by atoms with van der Waals surface area (Å²) in [6.45, 7) is 2.85. The fourth-order valence-electron chi connectivity index (χ4n) is 0.144. The molecule has 0 bridgehead atoms. The predicted octanol–water partition coefficient (Wildman–Crippen LogP) is -0.805. The molecule has 0 aliphatic heterocycles. The van der Waals surface area contributed by atoms with E-state index in [2.05, 4.69) is 15.8 Å². The standard InChI is InChI=1S/C3H9NO.H4NO3P/c1-3-4-5-2;1-5(2,3)4/h4H,3H2,1-2H3;(H4,1,2,3,4). The minimum atomic E-state index is -4.14. The monoisotopic (exact) mass is 172 g/mol. The SMILES string of the molecule is CCNOC.NP(=O)(O)O. The fourth-order valence-corrected chi connectivity index (χ4v) is 0.144. The van der Waals surface area contributed by atoms with Gasteiger partial charge in [0.05, 0.1) is 7.11 Å². The summed E-state index contributed by atoms with van der Waals surface area (Å²) in [5, 5.41) is 0. The van der Waals surface area contributed by atoms with Gasteiger partial charge in [0.2, 0.25) is 0 Å². The summed E-state index contributed by atoms with van der Waals surface area (Å²) >= 11 is 0. The van der Waals surface area contributed by atoms with Gasteiger partial charge < -0.3 is 14.6 Å². The first-order valence-electron chi connectivity index (χ1n) is 2.51. The predicted molar refractivity (Wildman–Crippen MR) is 36.9 cm³/mol. The van der Waals surface area contributed by atoms with Gasteiger partial charge in [-0.1, -0.05) is 6.92 Å². The first-order valence-corrected chi connectivity index (χ1v) is 4.20. The van der Waals surface area contributed by atoms with Crippen LogP contribution in [-0.2, 0) is 9.40 Å². The highest BCUT2D eigenvalue weighted by Crippen LogP contribution is 2.20. The molecule has 10 heavy (non-hydrogen) atoms. The van der Waals surface area contributed by atoms with Crippen LogP contribution >= 0.6 is 7.75 Å². The number of nitrogens with one attached hydrogen (secondary N) is 1. The van der Waals surface area contributed by atoms with E-state index in [1.54, 1.807) is 7.11 Å². The third-order valence-electron chi connectivity index (χ3n) is 0.289. The average molecular weight is 172 g/mol. The van der Waals surface area contributed by atoms with E-state index in [1.165, 1.54) is 0 Å². The van der Waals surface area contributed by atoms with Crippen molar-refractivity contribution in [3.63, 3.8) is 0 Å². The molecular formula is C3H13N2O4P. The summed E-state index contributed by atoms with van der Waals surface area (Å²) < 4.78 is 9.10. The maximum atomic E-state index is 9.10. The summed E-state index contributed by atoms with van der Waals surface area (Å²) in [7, 11) is -2.54. The van der Waals surface area contributed by atoms with Crippen molar-refractivity contribution in [3.8, 4) is 0 Å². The van der Waals surface area contributed by atoms with Gasteiger partial charge in [-0.15, -0.1) is 0 Å². The van der Waals surface area contributed by atoms with E-state index < -0.39 is 7.75 Å². The lowest BCUT2D eigenvalue weighted by atomic mass is 10.8. The molecule has 0 aromatic heterocycles. The highest BCUT2D eigenvalue weighted by atomic mass is 31.2. The van der Waals surface area contributed by atoms with Crippen molar-refractivity contribution in [1.29, 1.82) is 0 Å². The highest BCUT2D eigenvalue weighted by Gasteiger charge is 1.96. The first-order chi connectivity index (χ1) is 4.41. The maximum absolute atomic E-state index is 9.10. The van der Waals surface area contributed by atoms with Gasteiger partial charge in [-0.05, 0) is 0 Å². The van der Waals surface area contributed by atoms with Crippen LogP contribution in [0.5, 0.6) is 0 Å². The Morgan fingerprint density at radius 1 is 1.70 bits per heavy atom. The second-order valence-electron chi connectivity index (χ2n) is 1.29. The number of hydroxylamine groups is 1. The molecule has 0 aromatic carbocycles. The number of hydrogen-bond acceptors (Lipinski definition) is 3. The summed E-state index contributed by atoms with van der Waals surface area (Å²) in [4.78, 5) is 19.3. The smallest absolute Gasteiger partial charge is 0.313 e. The summed E-state index contributed by atoms with van der Waals surface area (Å²) in [6, 6.07) is 0. The van der Waals surface area contributed by atoms with Crippen molar-refractivity contribution in [3.05, 3.63) is 0 Å². The molecule has 6 nitrogen and oxygen atoms in total. The number of rotatable bonds is 2. The molecule has 0 aliphatic rings. The van der Waals surface area contributed by atoms with E-state index in [1.807, 2.05) is 6.92 Å². The second-order valence-corrected chi connectivity index (χ2v) is 2.47. The average Bonchev–Trinajstić information content (AvgIpc) is 1.63. The van der Waals surface area contributed by atoms with Crippen molar-refractivity contribution in [2.24, 2.45) is 5.50 Å². The second kappa shape index (κ2) is 7.14.